The molecule has 114 valence electrons. The van der Waals surface area contributed by atoms with Crippen molar-refractivity contribution in [1.82, 2.24) is 4.98 Å². The minimum Gasteiger partial charge on any atom is -0.475 e. The average Bonchev–Trinajstić information content (AvgIpc) is 2.43. The third kappa shape index (κ3) is 5.91. The minimum absolute atomic E-state index is 0.215. The van der Waals surface area contributed by atoms with E-state index >= 15 is 0 Å². The average molecular weight is 278 g/mol. The molecule has 0 radical (unpaired) electrons. The quantitative estimate of drug-likeness (QED) is 0.681. The highest BCUT2D eigenvalue weighted by molar-refractivity contribution is 5.26. The molecule has 0 saturated carbocycles. The Morgan fingerprint density at radius 2 is 1.90 bits per heavy atom. The summed E-state index contributed by atoms with van der Waals surface area (Å²) in [6, 6.07) is 4.04. The lowest BCUT2D eigenvalue weighted by molar-refractivity contribution is 0.197. The van der Waals surface area contributed by atoms with Gasteiger partial charge in [0, 0.05) is 18.3 Å². The van der Waals surface area contributed by atoms with Crippen molar-refractivity contribution in [2.75, 3.05) is 0 Å². The smallest absolute Gasteiger partial charge is 0.214 e. The molecule has 1 atom stereocenters. The molecule has 0 bridgehead atoms. The number of aromatic nitrogens is 1. The summed E-state index contributed by atoms with van der Waals surface area (Å²) < 4.78 is 5.96. The van der Waals surface area contributed by atoms with Crippen LogP contribution in [0, 0.1) is 0 Å². The van der Waals surface area contributed by atoms with Crippen molar-refractivity contribution in [1.29, 1.82) is 0 Å². The summed E-state index contributed by atoms with van der Waals surface area (Å²) in [5, 5.41) is 0. The van der Waals surface area contributed by atoms with E-state index in [9.17, 15) is 0 Å². The summed E-state index contributed by atoms with van der Waals surface area (Å²) in [5.41, 5.74) is 7.90. The van der Waals surface area contributed by atoms with Crippen molar-refractivity contribution >= 4 is 0 Å². The van der Waals surface area contributed by atoms with Crippen molar-refractivity contribution in [3.8, 4) is 5.88 Å². The Balaban J connectivity index is 2.59. The molecule has 0 aliphatic heterocycles. The Kier molecular flexibility index (Phi) is 7.60. The van der Waals surface area contributed by atoms with Crippen LogP contribution in [0.25, 0.3) is 0 Å². The number of hydrogen-bond donors (Lipinski definition) is 1. The number of ether oxygens (including phenoxy) is 1. The van der Waals surface area contributed by atoms with Gasteiger partial charge in [-0.1, -0.05) is 40.0 Å². The van der Waals surface area contributed by atoms with E-state index in [4.69, 9.17) is 10.5 Å². The third-order valence-electron chi connectivity index (χ3n) is 3.49. The lowest BCUT2D eigenvalue weighted by Crippen LogP contribution is -2.14. The molecule has 0 spiro atoms. The molecule has 0 aliphatic carbocycles. The second kappa shape index (κ2) is 8.96. The van der Waals surface area contributed by atoms with Gasteiger partial charge in [-0.15, -0.1) is 0 Å². The minimum atomic E-state index is 0.215. The molecule has 1 unspecified atom stereocenters. The van der Waals surface area contributed by atoms with Crippen LogP contribution in [0.4, 0.5) is 0 Å². The summed E-state index contributed by atoms with van der Waals surface area (Å²) in [5.74, 6) is 1.11. The van der Waals surface area contributed by atoms with Crippen LogP contribution in [0.15, 0.2) is 12.1 Å². The maximum Gasteiger partial charge on any atom is 0.214 e. The van der Waals surface area contributed by atoms with Gasteiger partial charge in [-0.2, -0.15) is 0 Å². The normalized spacial score (nSPS) is 12.7. The van der Waals surface area contributed by atoms with Crippen LogP contribution in [-0.4, -0.2) is 11.1 Å². The number of hydrogen-bond acceptors (Lipinski definition) is 3. The number of nitrogens with two attached hydrogens (primary N) is 1. The Morgan fingerprint density at radius 1 is 1.15 bits per heavy atom. The molecule has 0 aromatic carbocycles. The molecule has 0 fully saturated rings. The highest BCUT2D eigenvalue weighted by atomic mass is 16.5. The first-order valence-corrected chi connectivity index (χ1v) is 7.94. The molecular formula is C17H30N2O. The molecule has 1 heterocycles. The van der Waals surface area contributed by atoms with Gasteiger partial charge in [0.1, 0.15) is 0 Å². The van der Waals surface area contributed by atoms with E-state index in [-0.39, 0.29) is 6.10 Å². The van der Waals surface area contributed by atoms with E-state index in [2.05, 4.69) is 38.7 Å². The van der Waals surface area contributed by atoms with Crippen LogP contribution >= 0.6 is 0 Å². The third-order valence-corrected chi connectivity index (χ3v) is 3.49. The first-order chi connectivity index (χ1) is 9.56. The zero-order chi connectivity index (χ0) is 15.0. The molecule has 3 heteroatoms. The van der Waals surface area contributed by atoms with Crippen LogP contribution in [0.1, 0.15) is 77.0 Å². The van der Waals surface area contributed by atoms with Gasteiger partial charge in [0.05, 0.1) is 6.10 Å². The highest BCUT2D eigenvalue weighted by Crippen LogP contribution is 2.20. The predicted octanol–water partition coefficient (Wildman–Crippen LogP) is 4.40. The Morgan fingerprint density at radius 3 is 2.50 bits per heavy atom. The van der Waals surface area contributed by atoms with E-state index in [1.807, 2.05) is 6.07 Å². The fraction of sp³-hybridized carbons (Fsp3) is 0.706. The van der Waals surface area contributed by atoms with Crippen molar-refractivity contribution in [3.63, 3.8) is 0 Å². The number of pyridine rings is 1. The van der Waals surface area contributed by atoms with Crippen LogP contribution in [0.5, 0.6) is 5.88 Å². The molecule has 1 rings (SSSR count). The SMILES string of the molecule is CCCCCCC(C)Oc1cc(CN)cc(C(C)C)n1. The fourth-order valence-electron chi connectivity index (χ4n) is 2.18. The zero-order valence-corrected chi connectivity index (χ0v) is 13.5. The van der Waals surface area contributed by atoms with E-state index < -0.39 is 0 Å². The molecule has 1 aromatic rings. The summed E-state index contributed by atoms with van der Waals surface area (Å²) in [4.78, 5) is 4.59. The van der Waals surface area contributed by atoms with Crippen molar-refractivity contribution in [2.45, 2.75) is 78.4 Å². The van der Waals surface area contributed by atoms with Crippen LogP contribution in [0.3, 0.4) is 0 Å². The molecule has 2 N–H and O–H groups in total. The van der Waals surface area contributed by atoms with Gasteiger partial charge in [-0.05, 0) is 37.3 Å². The molecule has 3 nitrogen and oxygen atoms in total. The van der Waals surface area contributed by atoms with Gasteiger partial charge in [0.2, 0.25) is 5.88 Å². The molecule has 0 aliphatic rings. The summed E-state index contributed by atoms with van der Waals surface area (Å²) >= 11 is 0. The molecule has 1 aromatic heterocycles. The van der Waals surface area contributed by atoms with E-state index in [1.54, 1.807) is 0 Å². The maximum absolute atomic E-state index is 5.96. The predicted molar refractivity (Wildman–Crippen MR) is 85.1 cm³/mol. The summed E-state index contributed by atoms with van der Waals surface area (Å²) in [6.07, 6.45) is 6.40. The van der Waals surface area contributed by atoms with Gasteiger partial charge in [-0.25, -0.2) is 4.98 Å². The summed E-state index contributed by atoms with van der Waals surface area (Å²) in [7, 11) is 0. The largest absolute Gasteiger partial charge is 0.475 e. The van der Waals surface area contributed by atoms with Gasteiger partial charge in [0.15, 0.2) is 0 Å². The van der Waals surface area contributed by atoms with E-state index in [0.29, 0.717) is 12.5 Å². The standard InChI is InChI=1S/C17H30N2O/c1-5-6-7-8-9-14(4)20-17-11-15(12-18)10-16(19-17)13(2)3/h10-11,13-14H,5-9,12,18H2,1-4H3. The first-order valence-electron chi connectivity index (χ1n) is 7.94. The van der Waals surface area contributed by atoms with Gasteiger partial charge >= 0.3 is 0 Å². The number of nitrogens with zero attached hydrogens (tertiary/aromatic N) is 1. The molecule has 20 heavy (non-hydrogen) atoms. The summed E-state index contributed by atoms with van der Waals surface area (Å²) in [6.45, 7) is 9.16. The van der Waals surface area contributed by atoms with Crippen LogP contribution < -0.4 is 10.5 Å². The first kappa shape index (κ1) is 17.0. The van der Waals surface area contributed by atoms with Gasteiger partial charge < -0.3 is 10.5 Å². The Labute approximate surface area is 123 Å². The monoisotopic (exact) mass is 278 g/mol. The van der Waals surface area contributed by atoms with Crippen molar-refractivity contribution < 1.29 is 4.74 Å². The van der Waals surface area contributed by atoms with Crippen LogP contribution in [0.2, 0.25) is 0 Å². The number of unbranched alkanes of at least 4 members (excludes halogenated alkanes) is 3. The van der Waals surface area contributed by atoms with E-state index in [1.165, 1.54) is 25.7 Å². The number of rotatable bonds is 9. The highest BCUT2D eigenvalue weighted by Gasteiger charge is 2.09. The van der Waals surface area contributed by atoms with Gasteiger partial charge in [-0.3, -0.25) is 0 Å². The van der Waals surface area contributed by atoms with Crippen molar-refractivity contribution in [3.05, 3.63) is 23.4 Å². The van der Waals surface area contributed by atoms with E-state index in [0.717, 1.165) is 23.6 Å². The second-order valence-electron chi connectivity index (χ2n) is 5.88. The molecule has 0 saturated heterocycles. The lowest BCUT2D eigenvalue weighted by atomic mass is 10.1. The topological polar surface area (TPSA) is 48.1 Å². The Hall–Kier alpha value is -1.09. The second-order valence-corrected chi connectivity index (χ2v) is 5.88. The maximum atomic E-state index is 5.96. The van der Waals surface area contributed by atoms with Crippen LogP contribution in [-0.2, 0) is 6.54 Å². The zero-order valence-electron chi connectivity index (χ0n) is 13.5. The van der Waals surface area contributed by atoms with Gasteiger partial charge in [0.25, 0.3) is 0 Å². The van der Waals surface area contributed by atoms with Crippen molar-refractivity contribution in [2.24, 2.45) is 5.73 Å². The Bertz CT molecular complexity index is 391. The lowest BCUT2D eigenvalue weighted by Gasteiger charge is -2.16. The molecular weight excluding hydrogens is 248 g/mol. The fourth-order valence-corrected chi connectivity index (χ4v) is 2.18. The molecule has 0 amide bonds.